The molecular weight excluding hydrogens is 569 g/mol. The van der Waals surface area contributed by atoms with Crippen LogP contribution in [0, 0.1) is 11.3 Å². The van der Waals surface area contributed by atoms with Crippen molar-refractivity contribution in [3.63, 3.8) is 0 Å². The van der Waals surface area contributed by atoms with E-state index in [-0.39, 0.29) is 0 Å². The first-order valence-corrected chi connectivity index (χ1v) is 15.9. The number of hydrogen-bond donors (Lipinski definition) is 0. The molecule has 0 aliphatic rings. The maximum atomic E-state index is 10.2. The molecule has 0 N–H and O–H groups in total. The molecule has 0 aliphatic heterocycles. The zero-order valence-corrected chi connectivity index (χ0v) is 25.6. The van der Waals surface area contributed by atoms with Crippen LogP contribution < -0.4 is 0 Å². The summed E-state index contributed by atoms with van der Waals surface area (Å²) in [4.78, 5) is 0. The number of nitrogens with zero attached hydrogens (tertiary/aromatic N) is 2. The first kappa shape index (κ1) is 26.9. The van der Waals surface area contributed by atoms with Gasteiger partial charge in [-0.2, -0.15) is 5.26 Å². The van der Waals surface area contributed by atoms with Crippen LogP contribution in [0.5, 0.6) is 0 Å². The minimum absolute atomic E-state index is 0.637. The largest absolute Gasteiger partial charge is 0.309 e. The number of benzene rings is 8. The van der Waals surface area contributed by atoms with Crippen molar-refractivity contribution < 1.29 is 0 Å². The first-order chi connectivity index (χ1) is 23.3. The second-order valence-corrected chi connectivity index (χ2v) is 12.0. The number of nitriles is 1. The molecule has 0 fully saturated rings. The van der Waals surface area contributed by atoms with Gasteiger partial charge < -0.3 is 4.57 Å². The van der Waals surface area contributed by atoms with Gasteiger partial charge in [0.25, 0.3) is 0 Å². The van der Waals surface area contributed by atoms with Gasteiger partial charge in [0.1, 0.15) is 0 Å². The van der Waals surface area contributed by atoms with Crippen LogP contribution in [-0.2, 0) is 0 Å². The highest BCUT2D eigenvalue weighted by atomic mass is 15.0. The van der Waals surface area contributed by atoms with E-state index in [4.69, 9.17) is 0 Å². The van der Waals surface area contributed by atoms with Crippen LogP contribution in [0.1, 0.15) is 5.56 Å². The maximum absolute atomic E-state index is 10.2. The molecule has 0 bridgehead atoms. The molecule has 47 heavy (non-hydrogen) atoms. The highest BCUT2D eigenvalue weighted by molar-refractivity contribution is 6.22. The fourth-order valence-corrected chi connectivity index (χ4v) is 7.47. The number of fused-ring (bicyclic) bond motifs is 5. The van der Waals surface area contributed by atoms with Crippen molar-refractivity contribution in [3.05, 3.63) is 175 Å². The Labute approximate surface area is 273 Å². The summed E-state index contributed by atoms with van der Waals surface area (Å²) in [5.41, 5.74) is 10.9. The second-order valence-electron chi connectivity index (χ2n) is 12.0. The standard InChI is InChI=1S/C45H28N2/c46-29-30-26-27-32(33-16-8-11-23-41(33)47-42-24-12-9-17-34(42)35-18-10-13-25-43(35)47)40(28-30)45-38-21-6-4-19-36(38)44(31-14-2-1-3-15-31)37-20-5-7-22-39(37)45/h1-28H. The second kappa shape index (κ2) is 10.9. The van der Waals surface area contributed by atoms with Gasteiger partial charge in [0.2, 0.25) is 0 Å². The molecule has 9 rings (SSSR count). The van der Waals surface area contributed by atoms with Crippen LogP contribution >= 0.6 is 0 Å². The Morgan fingerprint density at radius 3 is 1.47 bits per heavy atom. The minimum atomic E-state index is 0.637. The lowest BCUT2D eigenvalue weighted by Gasteiger charge is -2.21. The van der Waals surface area contributed by atoms with E-state index < -0.39 is 0 Å². The van der Waals surface area contributed by atoms with Gasteiger partial charge in [0.05, 0.1) is 28.4 Å². The summed E-state index contributed by atoms with van der Waals surface area (Å²) in [5, 5.41) is 17.3. The smallest absolute Gasteiger partial charge is 0.0991 e. The van der Waals surface area contributed by atoms with Gasteiger partial charge in [-0.3, -0.25) is 0 Å². The summed E-state index contributed by atoms with van der Waals surface area (Å²) >= 11 is 0. The zero-order chi connectivity index (χ0) is 31.3. The fourth-order valence-electron chi connectivity index (χ4n) is 7.47. The van der Waals surface area contributed by atoms with E-state index in [2.05, 4.69) is 174 Å². The molecule has 0 amide bonds. The summed E-state index contributed by atoms with van der Waals surface area (Å²) in [6.45, 7) is 0. The van der Waals surface area contributed by atoms with Crippen molar-refractivity contribution in [1.29, 1.82) is 5.26 Å². The minimum Gasteiger partial charge on any atom is -0.309 e. The van der Waals surface area contributed by atoms with E-state index in [0.717, 1.165) is 38.7 Å². The summed E-state index contributed by atoms with van der Waals surface area (Å²) in [6, 6.07) is 62.6. The van der Waals surface area contributed by atoms with Gasteiger partial charge in [-0.05, 0) is 79.7 Å². The van der Waals surface area contributed by atoms with E-state index >= 15 is 0 Å². The van der Waals surface area contributed by atoms with E-state index in [9.17, 15) is 5.26 Å². The molecule has 0 spiro atoms. The van der Waals surface area contributed by atoms with E-state index in [1.165, 1.54) is 43.7 Å². The Kier molecular flexibility index (Phi) is 6.23. The van der Waals surface area contributed by atoms with Gasteiger partial charge >= 0.3 is 0 Å². The molecule has 0 aliphatic carbocycles. The Bertz CT molecular complexity index is 2580. The van der Waals surface area contributed by atoms with Crippen LogP contribution in [0.4, 0.5) is 0 Å². The molecule has 8 aromatic carbocycles. The number of hydrogen-bond acceptors (Lipinski definition) is 1. The average molecular weight is 597 g/mol. The summed E-state index contributed by atoms with van der Waals surface area (Å²) in [7, 11) is 0. The third kappa shape index (κ3) is 4.18. The predicted molar refractivity (Wildman–Crippen MR) is 197 cm³/mol. The monoisotopic (exact) mass is 596 g/mol. The molecule has 0 radical (unpaired) electrons. The van der Waals surface area contributed by atoms with Crippen LogP contribution in [0.25, 0.3) is 82.4 Å². The summed E-state index contributed by atoms with van der Waals surface area (Å²) in [6.07, 6.45) is 0. The molecule has 2 heteroatoms. The van der Waals surface area contributed by atoms with Crippen molar-refractivity contribution in [3.8, 4) is 45.1 Å². The van der Waals surface area contributed by atoms with Crippen LogP contribution in [-0.4, -0.2) is 4.57 Å². The van der Waals surface area contributed by atoms with Crippen LogP contribution in [0.15, 0.2) is 170 Å². The lowest BCUT2D eigenvalue weighted by molar-refractivity contribution is 1.18. The zero-order valence-electron chi connectivity index (χ0n) is 25.6. The Balaban J connectivity index is 1.41. The van der Waals surface area contributed by atoms with Gasteiger partial charge in [-0.25, -0.2) is 0 Å². The Morgan fingerprint density at radius 2 is 0.872 bits per heavy atom. The highest BCUT2D eigenvalue weighted by Crippen LogP contribution is 2.47. The van der Waals surface area contributed by atoms with Crippen LogP contribution in [0.3, 0.4) is 0 Å². The molecular formula is C45H28N2. The molecule has 0 unspecified atom stereocenters. The molecule has 0 atom stereocenters. The maximum Gasteiger partial charge on any atom is 0.0991 e. The Hall–Kier alpha value is -6.43. The molecule has 9 aromatic rings. The third-order valence-electron chi connectivity index (χ3n) is 9.43. The molecule has 2 nitrogen and oxygen atoms in total. The van der Waals surface area contributed by atoms with Gasteiger partial charge in [-0.1, -0.05) is 140 Å². The third-order valence-corrected chi connectivity index (χ3v) is 9.43. The molecule has 1 heterocycles. The SMILES string of the molecule is N#Cc1ccc(-c2ccccc2-n2c3ccccc3c3ccccc32)c(-c2c3ccccc3c(-c3ccccc3)c3ccccc23)c1. The predicted octanol–water partition coefficient (Wildman–Crippen LogP) is 12.0. The van der Waals surface area contributed by atoms with Crippen molar-refractivity contribution in [2.45, 2.75) is 0 Å². The quantitative estimate of drug-likeness (QED) is 0.186. The van der Waals surface area contributed by atoms with Gasteiger partial charge in [0.15, 0.2) is 0 Å². The lowest BCUT2D eigenvalue weighted by atomic mass is 9.83. The first-order valence-electron chi connectivity index (χ1n) is 15.9. The van der Waals surface area contributed by atoms with Crippen molar-refractivity contribution in [1.82, 2.24) is 4.57 Å². The normalized spacial score (nSPS) is 11.4. The van der Waals surface area contributed by atoms with Crippen LogP contribution in [0.2, 0.25) is 0 Å². The van der Waals surface area contributed by atoms with Crippen molar-refractivity contribution in [2.75, 3.05) is 0 Å². The molecule has 218 valence electrons. The average Bonchev–Trinajstić information content (AvgIpc) is 3.48. The van der Waals surface area contributed by atoms with E-state index in [1.54, 1.807) is 0 Å². The number of para-hydroxylation sites is 3. The molecule has 0 saturated heterocycles. The van der Waals surface area contributed by atoms with Crippen molar-refractivity contribution in [2.24, 2.45) is 0 Å². The lowest BCUT2D eigenvalue weighted by Crippen LogP contribution is -1.99. The highest BCUT2D eigenvalue weighted by Gasteiger charge is 2.22. The number of rotatable bonds is 4. The number of aromatic nitrogens is 1. The van der Waals surface area contributed by atoms with E-state index in [1.807, 2.05) is 6.07 Å². The van der Waals surface area contributed by atoms with Crippen molar-refractivity contribution >= 4 is 43.4 Å². The molecule has 0 saturated carbocycles. The molecule has 1 aromatic heterocycles. The summed E-state index contributed by atoms with van der Waals surface area (Å²) < 4.78 is 2.39. The fraction of sp³-hybridized carbons (Fsp3) is 0. The van der Waals surface area contributed by atoms with Gasteiger partial charge in [0, 0.05) is 16.3 Å². The van der Waals surface area contributed by atoms with E-state index in [0.29, 0.717) is 5.56 Å². The summed E-state index contributed by atoms with van der Waals surface area (Å²) in [5.74, 6) is 0. The topological polar surface area (TPSA) is 28.7 Å². The van der Waals surface area contributed by atoms with Gasteiger partial charge in [-0.15, -0.1) is 0 Å². The Morgan fingerprint density at radius 1 is 0.383 bits per heavy atom.